The van der Waals surface area contributed by atoms with Crippen molar-refractivity contribution < 1.29 is 13.2 Å². The number of ether oxygens (including phenoxy) is 1. The second-order valence-corrected chi connectivity index (χ2v) is 6.70. The average Bonchev–Trinajstić information content (AvgIpc) is 2.49. The Balaban J connectivity index is 2.21. The molecule has 1 N–H and O–H groups in total. The van der Waals surface area contributed by atoms with Gasteiger partial charge in [0.1, 0.15) is 10.6 Å². The summed E-state index contributed by atoms with van der Waals surface area (Å²) in [7, 11) is -2.51. The third-order valence-electron chi connectivity index (χ3n) is 2.67. The van der Waals surface area contributed by atoms with Gasteiger partial charge in [0.05, 0.1) is 13.3 Å². The lowest BCUT2D eigenvalue weighted by Crippen LogP contribution is -2.19. The van der Waals surface area contributed by atoms with Crippen LogP contribution in [0.3, 0.4) is 0 Å². The van der Waals surface area contributed by atoms with Crippen LogP contribution in [0.5, 0.6) is 5.75 Å². The van der Waals surface area contributed by atoms with Crippen molar-refractivity contribution in [1.82, 2.24) is 4.83 Å². The van der Waals surface area contributed by atoms with Crippen molar-refractivity contribution >= 4 is 39.4 Å². The smallest absolute Gasteiger partial charge is 0.280 e. The number of nitrogens with one attached hydrogen (secondary N) is 1. The Morgan fingerprint density at radius 2 is 1.73 bits per heavy atom. The van der Waals surface area contributed by atoms with Crippen LogP contribution in [0.4, 0.5) is 0 Å². The van der Waals surface area contributed by atoms with E-state index in [1.165, 1.54) is 31.5 Å². The van der Waals surface area contributed by atoms with E-state index >= 15 is 0 Å². The van der Waals surface area contributed by atoms with Crippen molar-refractivity contribution in [1.29, 1.82) is 0 Å². The van der Waals surface area contributed by atoms with E-state index in [9.17, 15) is 8.42 Å². The summed E-state index contributed by atoms with van der Waals surface area (Å²) in [5.41, 5.74) is 0.699. The lowest BCUT2D eigenvalue weighted by atomic mass is 10.2. The zero-order valence-electron chi connectivity index (χ0n) is 11.5. The van der Waals surface area contributed by atoms with E-state index in [1.807, 2.05) is 0 Å². The first-order valence-electron chi connectivity index (χ1n) is 6.06. The largest absolute Gasteiger partial charge is 0.495 e. The molecule has 0 radical (unpaired) electrons. The van der Waals surface area contributed by atoms with Gasteiger partial charge in [0.2, 0.25) is 0 Å². The molecule has 0 unspecified atom stereocenters. The standard InChI is InChI=1S/C14H12Cl2N2O3S/c1-21-13-7-6-12(16)8-14(13)22(19,20)18-17-9-10-2-4-11(15)5-3-10/h2-9,18H,1H3/b17-9+. The predicted molar refractivity (Wildman–Crippen MR) is 87.4 cm³/mol. The van der Waals surface area contributed by atoms with Crippen molar-refractivity contribution in [2.45, 2.75) is 4.90 Å². The zero-order valence-corrected chi connectivity index (χ0v) is 13.8. The Bertz CT molecular complexity index is 790. The summed E-state index contributed by atoms with van der Waals surface area (Å²) in [6, 6.07) is 11.1. The van der Waals surface area contributed by atoms with Crippen molar-refractivity contribution in [3.8, 4) is 5.75 Å². The Morgan fingerprint density at radius 3 is 2.36 bits per heavy atom. The van der Waals surface area contributed by atoms with Gasteiger partial charge in [-0.25, -0.2) is 0 Å². The lowest BCUT2D eigenvalue weighted by Gasteiger charge is -2.09. The first-order chi connectivity index (χ1) is 10.4. The predicted octanol–water partition coefficient (Wildman–Crippen LogP) is 3.31. The van der Waals surface area contributed by atoms with Crippen LogP contribution in [0, 0.1) is 0 Å². The molecule has 2 aromatic carbocycles. The number of hydrazone groups is 1. The first-order valence-corrected chi connectivity index (χ1v) is 8.30. The van der Waals surface area contributed by atoms with Gasteiger partial charge in [-0.3, -0.25) is 0 Å². The van der Waals surface area contributed by atoms with Crippen LogP contribution >= 0.6 is 23.2 Å². The number of benzene rings is 2. The van der Waals surface area contributed by atoms with Gasteiger partial charge in [0, 0.05) is 10.0 Å². The molecule has 0 heterocycles. The van der Waals surface area contributed by atoms with Crippen molar-refractivity contribution in [3.63, 3.8) is 0 Å². The highest BCUT2D eigenvalue weighted by atomic mass is 35.5. The summed E-state index contributed by atoms with van der Waals surface area (Å²) in [6.45, 7) is 0. The van der Waals surface area contributed by atoms with E-state index in [-0.39, 0.29) is 15.7 Å². The monoisotopic (exact) mass is 358 g/mol. The van der Waals surface area contributed by atoms with Crippen molar-refractivity contribution in [2.75, 3.05) is 7.11 Å². The van der Waals surface area contributed by atoms with Crippen LogP contribution < -0.4 is 9.57 Å². The van der Waals surface area contributed by atoms with Crippen LogP contribution in [-0.2, 0) is 10.0 Å². The molecule has 0 aliphatic rings. The molecule has 0 bridgehead atoms. The van der Waals surface area contributed by atoms with Crippen molar-refractivity contribution in [3.05, 3.63) is 58.1 Å². The van der Waals surface area contributed by atoms with E-state index in [0.29, 0.717) is 10.6 Å². The molecule has 0 saturated heterocycles. The summed E-state index contributed by atoms with van der Waals surface area (Å²) in [6.07, 6.45) is 1.37. The molecular weight excluding hydrogens is 347 g/mol. The van der Waals surface area contributed by atoms with Crippen LogP contribution in [0.25, 0.3) is 0 Å². The summed E-state index contributed by atoms with van der Waals surface area (Å²) >= 11 is 11.6. The van der Waals surface area contributed by atoms with Gasteiger partial charge >= 0.3 is 0 Å². The second kappa shape index (κ2) is 7.00. The van der Waals surface area contributed by atoms with Gasteiger partial charge in [-0.1, -0.05) is 35.3 Å². The van der Waals surface area contributed by atoms with Crippen molar-refractivity contribution in [2.24, 2.45) is 5.10 Å². The minimum Gasteiger partial charge on any atom is -0.495 e. The molecule has 0 amide bonds. The number of hydrogen-bond acceptors (Lipinski definition) is 4. The Hall–Kier alpha value is -1.76. The van der Waals surface area contributed by atoms with Gasteiger partial charge in [-0.15, -0.1) is 0 Å². The zero-order chi connectivity index (χ0) is 16.2. The van der Waals surface area contributed by atoms with Gasteiger partial charge in [0.25, 0.3) is 10.0 Å². The highest BCUT2D eigenvalue weighted by Gasteiger charge is 2.19. The molecule has 8 heteroatoms. The van der Waals surface area contributed by atoms with Gasteiger partial charge in [-0.2, -0.15) is 18.4 Å². The number of rotatable bonds is 5. The maximum Gasteiger partial charge on any atom is 0.280 e. The molecule has 2 rings (SSSR count). The molecule has 0 saturated carbocycles. The molecule has 0 spiro atoms. The molecule has 116 valence electrons. The minimum absolute atomic E-state index is 0.0873. The quantitative estimate of drug-likeness (QED) is 0.658. The molecule has 0 aliphatic carbocycles. The summed E-state index contributed by atoms with van der Waals surface area (Å²) < 4.78 is 29.5. The van der Waals surface area contributed by atoms with Crippen LogP contribution in [0.1, 0.15) is 5.56 Å². The van der Waals surface area contributed by atoms with Crippen LogP contribution in [-0.4, -0.2) is 21.7 Å². The van der Waals surface area contributed by atoms with E-state index in [0.717, 1.165) is 0 Å². The average molecular weight is 359 g/mol. The third kappa shape index (κ3) is 4.13. The molecule has 0 aliphatic heterocycles. The minimum atomic E-state index is -3.89. The van der Waals surface area contributed by atoms with Crippen LogP contribution in [0.15, 0.2) is 52.5 Å². The fourth-order valence-electron chi connectivity index (χ4n) is 1.63. The fraction of sp³-hybridized carbons (Fsp3) is 0.0714. The van der Waals surface area contributed by atoms with Gasteiger partial charge in [0.15, 0.2) is 0 Å². The first kappa shape index (κ1) is 16.6. The summed E-state index contributed by atoms with van der Waals surface area (Å²) in [5.74, 6) is 0.179. The summed E-state index contributed by atoms with van der Waals surface area (Å²) in [4.78, 5) is 2.02. The van der Waals surface area contributed by atoms with Gasteiger partial charge in [-0.05, 0) is 35.9 Å². The van der Waals surface area contributed by atoms with E-state index in [2.05, 4.69) is 9.93 Å². The number of nitrogens with zero attached hydrogens (tertiary/aromatic N) is 1. The molecule has 22 heavy (non-hydrogen) atoms. The normalized spacial score (nSPS) is 11.6. The molecular formula is C14H12Cl2N2O3S. The van der Waals surface area contributed by atoms with E-state index < -0.39 is 10.0 Å². The molecule has 0 aromatic heterocycles. The molecule has 0 fully saturated rings. The molecule has 5 nitrogen and oxygen atoms in total. The number of sulfonamides is 1. The number of hydrogen-bond donors (Lipinski definition) is 1. The Morgan fingerprint density at radius 1 is 1.09 bits per heavy atom. The second-order valence-electron chi connectivity index (χ2n) is 4.20. The topological polar surface area (TPSA) is 67.8 Å². The number of halogens is 2. The highest BCUT2D eigenvalue weighted by molar-refractivity contribution is 7.89. The van der Waals surface area contributed by atoms with Gasteiger partial charge < -0.3 is 4.74 Å². The maximum atomic E-state index is 12.2. The van der Waals surface area contributed by atoms with Crippen LogP contribution in [0.2, 0.25) is 10.0 Å². The maximum absolute atomic E-state index is 12.2. The SMILES string of the molecule is COc1ccc(Cl)cc1S(=O)(=O)N/N=C/c1ccc(Cl)cc1. The Kier molecular flexibility index (Phi) is 5.28. The molecule has 2 aromatic rings. The highest BCUT2D eigenvalue weighted by Crippen LogP contribution is 2.26. The number of methoxy groups -OCH3 is 1. The van der Waals surface area contributed by atoms with E-state index in [1.54, 1.807) is 24.3 Å². The lowest BCUT2D eigenvalue weighted by molar-refractivity contribution is 0.402. The molecule has 0 atom stereocenters. The third-order valence-corrected chi connectivity index (χ3v) is 4.40. The summed E-state index contributed by atoms with van der Waals surface area (Å²) in [5, 5.41) is 4.58. The fourth-order valence-corrected chi connectivity index (χ4v) is 2.98. The van der Waals surface area contributed by atoms with E-state index in [4.69, 9.17) is 27.9 Å². The Labute approximate surface area is 138 Å².